The van der Waals surface area contributed by atoms with Crippen LogP contribution in [0, 0.1) is 6.92 Å². The lowest BCUT2D eigenvalue weighted by atomic mass is 10.1. The molecule has 0 spiro atoms. The number of carbonyl (C=O) groups is 2. The number of nitrogens with zero attached hydrogens (tertiary/aromatic N) is 1. The Morgan fingerprint density at radius 1 is 1.29 bits per heavy atom. The summed E-state index contributed by atoms with van der Waals surface area (Å²) in [6.07, 6.45) is 0.317. The fourth-order valence-electron chi connectivity index (χ4n) is 3.73. The van der Waals surface area contributed by atoms with Crippen LogP contribution >= 0.6 is 11.6 Å². The zero-order valence-electron chi connectivity index (χ0n) is 17.0. The monoisotopic (exact) mass is 463 g/mol. The van der Waals surface area contributed by atoms with Crippen LogP contribution in [0.4, 0.5) is 11.4 Å². The quantitative estimate of drug-likeness (QED) is 0.724. The third kappa shape index (κ3) is 4.00. The second-order valence-electron chi connectivity index (χ2n) is 7.58. The molecule has 2 aromatic carbocycles. The molecule has 0 aliphatic carbocycles. The highest BCUT2D eigenvalue weighted by molar-refractivity contribution is 7.89. The summed E-state index contributed by atoms with van der Waals surface area (Å²) in [5.74, 6) is -0.356. The topological polar surface area (TPSA) is 105 Å². The Labute approximate surface area is 185 Å². The van der Waals surface area contributed by atoms with Gasteiger partial charge in [0.1, 0.15) is 11.8 Å². The molecule has 1 saturated heterocycles. The summed E-state index contributed by atoms with van der Waals surface area (Å²) in [5.41, 5.74) is 1.55. The number of nitrogens with one attached hydrogen (secondary N) is 2. The van der Waals surface area contributed by atoms with E-state index in [2.05, 4.69) is 10.6 Å². The van der Waals surface area contributed by atoms with Crippen molar-refractivity contribution in [3.63, 3.8) is 0 Å². The highest BCUT2D eigenvalue weighted by atomic mass is 35.5. The Morgan fingerprint density at radius 2 is 2.06 bits per heavy atom. The highest BCUT2D eigenvalue weighted by Gasteiger charge is 2.40. The normalized spacial score (nSPS) is 21.2. The first kappa shape index (κ1) is 21.6. The highest BCUT2D eigenvalue weighted by Crippen LogP contribution is 2.35. The van der Waals surface area contributed by atoms with Gasteiger partial charge in [-0.25, -0.2) is 8.42 Å². The largest absolute Gasteiger partial charge is 0.479 e. The molecule has 2 aliphatic heterocycles. The van der Waals surface area contributed by atoms with Crippen molar-refractivity contribution in [3.8, 4) is 5.75 Å². The predicted octanol–water partition coefficient (Wildman–Crippen LogP) is 3.16. The number of halogens is 1. The van der Waals surface area contributed by atoms with Crippen molar-refractivity contribution in [1.29, 1.82) is 0 Å². The van der Waals surface area contributed by atoms with E-state index in [1.165, 1.54) is 22.5 Å². The minimum atomic E-state index is -3.97. The molecule has 2 amide bonds. The molecule has 0 saturated carbocycles. The van der Waals surface area contributed by atoms with Crippen molar-refractivity contribution >= 4 is 44.8 Å². The molecule has 4 rings (SSSR count). The lowest BCUT2D eigenvalue weighted by Crippen LogP contribution is -2.43. The average Bonchev–Trinajstić information content (AvgIpc) is 3.23. The summed E-state index contributed by atoms with van der Waals surface area (Å²) >= 11 is 6.12. The van der Waals surface area contributed by atoms with E-state index in [4.69, 9.17) is 16.3 Å². The van der Waals surface area contributed by atoms with Gasteiger partial charge in [-0.05, 0) is 62.6 Å². The van der Waals surface area contributed by atoms with Gasteiger partial charge in [-0.15, -0.1) is 0 Å². The maximum absolute atomic E-state index is 13.3. The minimum Gasteiger partial charge on any atom is -0.479 e. The first-order valence-electron chi connectivity index (χ1n) is 9.88. The number of benzene rings is 2. The molecule has 2 aromatic rings. The van der Waals surface area contributed by atoms with E-state index in [-0.39, 0.29) is 17.3 Å². The van der Waals surface area contributed by atoms with Crippen LogP contribution in [0.2, 0.25) is 5.02 Å². The number of hydrogen-bond donors (Lipinski definition) is 2. The molecular weight excluding hydrogens is 442 g/mol. The third-order valence-electron chi connectivity index (χ3n) is 5.52. The maximum atomic E-state index is 13.3. The van der Waals surface area contributed by atoms with Crippen LogP contribution in [-0.4, -0.2) is 43.2 Å². The Hall–Kier alpha value is -2.62. The van der Waals surface area contributed by atoms with Gasteiger partial charge in [0.05, 0.1) is 10.6 Å². The minimum absolute atomic E-state index is 0.0108. The van der Waals surface area contributed by atoms with Crippen molar-refractivity contribution in [2.24, 2.45) is 0 Å². The van der Waals surface area contributed by atoms with Crippen molar-refractivity contribution in [3.05, 3.63) is 47.0 Å². The van der Waals surface area contributed by atoms with Gasteiger partial charge in [0.25, 0.3) is 5.91 Å². The summed E-state index contributed by atoms with van der Waals surface area (Å²) in [6.45, 7) is 3.62. The van der Waals surface area contributed by atoms with Gasteiger partial charge in [0, 0.05) is 17.3 Å². The van der Waals surface area contributed by atoms with Crippen LogP contribution in [0.5, 0.6) is 5.75 Å². The summed E-state index contributed by atoms with van der Waals surface area (Å²) in [4.78, 5) is 24.8. The number of hydrogen-bond acceptors (Lipinski definition) is 5. The van der Waals surface area contributed by atoms with Crippen molar-refractivity contribution in [2.75, 3.05) is 17.2 Å². The molecule has 0 aromatic heterocycles. The Balaban J connectivity index is 1.59. The Bertz CT molecular complexity index is 1170. The fraction of sp³-hybridized carbons (Fsp3) is 0.333. The summed E-state index contributed by atoms with van der Waals surface area (Å²) in [6, 6.07) is 8.62. The van der Waals surface area contributed by atoms with E-state index in [1.807, 2.05) is 0 Å². The number of fused-ring (bicyclic) bond motifs is 1. The third-order valence-corrected chi connectivity index (χ3v) is 7.83. The van der Waals surface area contributed by atoms with Crippen LogP contribution < -0.4 is 15.4 Å². The molecule has 164 valence electrons. The van der Waals surface area contributed by atoms with Crippen molar-refractivity contribution in [1.82, 2.24) is 4.31 Å². The molecule has 2 aliphatic rings. The standard InChI is InChI=1S/C21H22ClN3O5S/c1-12-15(22)5-3-6-16(12)23-21(27)18-7-4-10-25(18)31(28,29)14-8-9-19-17(11-14)24-20(26)13(2)30-19/h3,5-6,8-9,11,13,18H,4,7,10H2,1-2H3,(H,23,27)(H,24,26)/t13-,18+/m0/s1. The lowest BCUT2D eigenvalue weighted by Gasteiger charge is -2.26. The SMILES string of the molecule is Cc1c(Cl)cccc1NC(=O)[C@H]1CCCN1S(=O)(=O)c1ccc2c(c1)NC(=O)[C@H](C)O2. The molecule has 31 heavy (non-hydrogen) atoms. The van der Waals surface area contributed by atoms with Gasteiger partial charge in [-0.2, -0.15) is 4.31 Å². The predicted molar refractivity (Wildman–Crippen MR) is 117 cm³/mol. The van der Waals surface area contributed by atoms with E-state index in [1.54, 1.807) is 32.0 Å². The molecule has 2 atom stereocenters. The zero-order valence-corrected chi connectivity index (χ0v) is 18.6. The lowest BCUT2D eigenvalue weighted by molar-refractivity contribution is -0.122. The fourth-order valence-corrected chi connectivity index (χ4v) is 5.59. The first-order valence-corrected chi connectivity index (χ1v) is 11.7. The molecule has 10 heteroatoms. The molecule has 2 N–H and O–H groups in total. The maximum Gasteiger partial charge on any atom is 0.265 e. The number of carbonyl (C=O) groups excluding carboxylic acids is 2. The number of sulfonamides is 1. The number of rotatable bonds is 4. The van der Waals surface area contributed by atoms with Gasteiger partial charge in [-0.3, -0.25) is 9.59 Å². The van der Waals surface area contributed by atoms with E-state index >= 15 is 0 Å². The average molecular weight is 464 g/mol. The van der Waals surface area contributed by atoms with E-state index < -0.39 is 28.1 Å². The smallest absolute Gasteiger partial charge is 0.265 e. The van der Waals surface area contributed by atoms with Gasteiger partial charge in [0.15, 0.2) is 6.10 Å². The Morgan fingerprint density at radius 3 is 2.84 bits per heavy atom. The molecule has 1 fully saturated rings. The number of anilines is 2. The number of ether oxygens (including phenoxy) is 1. The summed E-state index contributed by atoms with van der Waals surface area (Å²) < 4.78 is 33.3. The molecule has 8 nitrogen and oxygen atoms in total. The number of amides is 2. The molecular formula is C21H22ClN3O5S. The van der Waals surface area contributed by atoms with Gasteiger partial charge < -0.3 is 15.4 Å². The molecule has 0 bridgehead atoms. The van der Waals surface area contributed by atoms with Crippen LogP contribution in [0.25, 0.3) is 0 Å². The summed E-state index contributed by atoms with van der Waals surface area (Å²) in [5, 5.41) is 5.97. The van der Waals surface area contributed by atoms with Crippen LogP contribution in [0.1, 0.15) is 25.3 Å². The second kappa shape index (κ2) is 8.14. The van der Waals surface area contributed by atoms with E-state index in [0.29, 0.717) is 40.6 Å². The van der Waals surface area contributed by atoms with Crippen molar-refractivity contribution in [2.45, 2.75) is 43.7 Å². The molecule has 0 radical (unpaired) electrons. The Kier molecular flexibility index (Phi) is 5.67. The molecule has 0 unspecified atom stereocenters. The van der Waals surface area contributed by atoms with Crippen molar-refractivity contribution < 1.29 is 22.7 Å². The first-order chi connectivity index (χ1) is 14.7. The summed E-state index contributed by atoms with van der Waals surface area (Å²) in [7, 11) is -3.97. The van der Waals surface area contributed by atoms with E-state index in [0.717, 1.165) is 0 Å². The van der Waals surface area contributed by atoms with Gasteiger partial charge >= 0.3 is 0 Å². The van der Waals surface area contributed by atoms with Gasteiger partial charge in [0.2, 0.25) is 15.9 Å². The van der Waals surface area contributed by atoms with Crippen LogP contribution in [-0.2, 0) is 19.6 Å². The van der Waals surface area contributed by atoms with Crippen LogP contribution in [0.15, 0.2) is 41.3 Å². The van der Waals surface area contributed by atoms with Gasteiger partial charge in [-0.1, -0.05) is 17.7 Å². The second-order valence-corrected chi connectivity index (χ2v) is 9.88. The van der Waals surface area contributed by atoms with Crippen LogP contribution in [0.3, 0.4) is 0 Å². The molecule has 2 heterocycles. The van der Waals surface area contributed by atoms with E-state index in [9.17, 15) is 18.0 Å². The zero-order chi connectivity index (χ0) is 22.3.